The topological polar surface area (TPSA) is 79.8 Å². The Hall–Kier alpha value is -3.46. The van der Waals surface area contributed by atoms with E-state index < -0.39 is 5.69 Å². The fourth-order valence-corrected chi connectivity index (χ4v) is 2.85. The van der Waals surface area contributed by atoms with E-state index in [4.69, 9.17) is 16.3 Å². The van der Waals surface area contributed by atoms with E-state index in [1.807, 2.05) is 0 Å². The maximum Gasteiger partial charge on any atom is 0.368 e. The summed E-state index contributed by atoms with van der Waals surface area (Å²) in [5.41, 5.74) is 1.34. The minimum atomic E-state index is -0.399. The molecule has 142 valence electrons. The molecule has 10 heteroatoms. The molecule has 0 radical (unpaired) electrons. The fourth-order valence-electron chi connectivity index (χ4n) is 2.62. The van der Waals surface area contributed by atoms with Crippen molar-refractivity contribution >= 4 is 11.6 Å². The van der Waals surface area contributed by atoms with Crippen LogP contribution in [0.2, 0.25) is 5.02 Å². The van der Waals surface area contributed by atoms with Crippen LogP contribution in [0.15, 0.2) is 59.5 Å². The first kappa shape index (κ1) is 17.9. The average molecular weight is 401 g/mol. The van der Waals surface area contributed by atoms with Gasteiger partial charge in [-0.25, -0.2) is 13.9 Å². The minimum absolute atomic E-state index is 0.0679. The van der Waals surface area contributed by atoms with Crippen LogP contribution in [0.3, 0.4) is 0 Å². The number of aryl methyl sites for hydroxylation is 1. The molecule has 2 aromatic carbocycles. The summed E-state index contributed by atoms with van der Waals surface area (Å²) in [4.78, 5) is 12.2. The summed E-state index contributed by atoms with van der Waals surface area (Å²) in [5, 5.41) is 12.3. The van der Waals surface area contributed by atoms with E-state index in [0.717, 1.165) is 9.36 Å². The largest absolute Gasteiger partial charge is 0.472 e. The van der Waals surface area contributed by atoms with Crippen LogP contribution in [0.25, 0.3) is 11.4 Å². The molecule has 8 nitrogen and oxygen atoms in total. The third kappa shape index (κ3) is 3.39. The second-order valence-corrected chi connectivity index (χ2v) is 6.31. The maximum atomic E-state index is 13.1. The quantitative estimate of drug-likeness (QED) is 0.514. The monoisotopic (exact) mass is 400 g/mol. The highest BCUT2D eigenvalue weighted by molar-refractivity contribution is 6.31. The van der Waals surface area contributed by atoms with Gasteiger partial charge >= 0.3 is 5.69 Å². The molecule has 0 spiro atoms. The molecule has 2 heterocycles. The SMILES string of the molecule is Cn1nnn(-c2cccc(Cl)c2COc2ccn(-c3ccc(F)cc3)n2)c1=O. The van der Waals surface area contributed by atoms with E-state index in [1.54, 1.807) is 47.3 Å². The number of hydrogen-bond acceptors (Lipinski definition) is 5. The Balaban J connectivity index is 1.58. The number of rotatable bonds is 5. The Morgan fingerprint density at radius 3 is 2.61 bits per heavy atom. The van der Waals surface area contributed by atoms with Gasteiger partial charge in [-0.2, -0.15) is 9.36 Å². The van der Waals surface area contributed by atoms with Gasteiger partial charge in [-0.15, -0.1) is 5.10 Å². The fraction of sp³-hybridized carbons (Fsp3) is 0.111. The van der Waals surface area contributed by atoms with Crippen LogP contribution in [0, 0.1) is 5.82 Å². The zero-order valence-corrected chi connectivity index (χ0v) is 15.4. The van der Waals surface area contributed by atoms with Crippen molar-refractivity contribution in [3.05, 3.63) is 81.6 Å². The van der Waals surface area contributed by atoms with Crippen LogP contribution >= 0.6 is 11.6 Å². The van der Waals surface area contributed by atoms with Crippen molar-refractivity contribution < 1.29 is 9.13 Å². The number of nitrogens with zero attached hydrogens (tertiary/aromatic N) is 6. The van der Waals surface area contributed by atoms with Gasteiger partial charge in [-0.1, -0.05) is 17.7 Å². The molecule has 2 aromatic heterocycles. The highest BCUT2D eigenvalue weighted by Gasteiger charge is 2.15. The van der Waals surface area contributed by atoms with E-state index in [-0.39, 0.29) is 12.4 Å². The predicted molar refractivity (Wildman–Crippen MR) is 99.5 cm³/mol. The van der Waals surface area contributed by atoms with Gasteiger partial charge in [-0.3, -0.25) is 0 Å². The lowest BCUT2D eigenvalue weighted by atomic mass is 10.2. The van der Waals surface area contributed by atoms with Crippen molar-refractivity contribution in [2.75, 3.05) is 0 Å². The molecule has 0 bridgehead atoms. The highest BCUT2D eigenvalue weighted by atomic mass is 35.5. The van der Waals surface area contributed by atoms with Gasteiger partial charge in [0, 0.05) is 29.9 Å². The van der Waals surface area contributed by atoms with Crippen molar-refractivity contribution in [3.8, 4) is 17.3 Å². The van der Waals surface area contributed by atoms with Crippen molar-refractivity contribution in [2.24, 2.45) is 7.05 Å². The first-order valence-electron chi connectivity index (χ1n) is 8.24. The van der Waals surface area contributed by atoms with Crippen LogP contribution in [-0.4, -0.2) is 29.6 Å². The molecule has 0 atom stereocenters. The molecule has 0 fully saturated rings. The summed E-state index contributed by atoms with van der Waals surface area (Å²) < 4.78 is 22.6. The number of benzene rings is 2. The van der Waals surface area contributed by atoms with Gasteiger partial charge in [0.15, 0.2) is 0 Å². The first-order valence-corrected chi connectivity index (χ1v) is 8.62. The summed E-state index contributed by atoms with van der Waals surface area (Å²) in [6, 6.07) is 12.7. The van der Waals surface area contributed by atoms with Crippen LogP contribution in [0.4, 0.5) is 4.39 Å². The van der Waals surface area contributed by atoms with Crippen LogP contribution in [-0.2, 0) is 13.7 Å². The van der Waals surface area contributed by atoms with E-state index >= 15 is 0 Å². The average Bonchev–Trinajstić information content (AvgIpc) is 3.29. The lowest BCUT2D eigenvalue weighted by molar-refractivity contribution is 0.291. The summed E-state index contributed by atoms with van der Waals surface area (Å²) >= 11 is 6.31. The van der Waals surface area contributed by atoms with E-state index in [1.165, 1.54) is 19.2 Å². The summed E-state index contributed by atoms with van der Waals surface area (Å²) in [5.74, 6) is 0.0274. The molecule has 0 amide bonds. The second kappa shape index (κ2) is 7.28. The van der Waals surface area contributed by atoms with Crippen LogP contribution in [0.5, 0.6) is 5.88 Å². The van der Waals surface area contributed by atoms with Crippen molar-refractivity contribution in [2.45, 2.75) is 6.61 Å². The number of aromatic nitrogens is 6. The molecule has 0 saturated carbocycles. The molecule has 4 rings (SSSR count). The third-order valence-electron chi connectivity index (χ3n) is 4.06. The van der Waals surface area contributed by atoms with Gasteiger partial charge in [0.2, 0.25) is 5.88 Å². The van der Waals surface area contributed by atoms with Gasteiger partial charge in [0.05, 0.1) is 11.4 Å². The maximum absolute atomic E-state index is 13.1. The molecule has 0 aliphatic rings. The lowest BCUT2D eigenvalue weighted by Crippen LogP contribution is -2.23. The standard InChI is InChI=1S/C18H14ClFN6O2/c1-24-18(27)26(23-22-24)16-4-2-3-15(19)14(16)11-28-17-9-10-25(21-17)13-7-5-12(20)6-8-13/h2-10H,11H2,1H3. The molecule has 0 saturated heterocycles. The third-order valence-corrected chi connectivity index (χ3v) is 4.42. The van der Waals surface area contributed by atoms with Crippen molar-refractivity contribution in [1.29, 1.82) is 0 Å². The molecule has 0 aliphatic heterocycles. The molecule has 0 unspecified atom stereocenters. The first-order chi connectivity index (χ1) is 13.5. The summed E-state index contributed by atoms with van der Waals surface area (Å²) in [7, 11) is 1.51. The van der Waals surface area contributed by atoms with E-state index in [2.05, 4.69) is 15.5 Å². The Morgan fingerprint density at radius 1 is 1.11 bits per heavy atom. The van der Waals surface area contributed by atoms with Gasteiger partial charge < -0.3 is 4.74 Å². The van der Waals surface area contributed by atoms with Crippen molar-refractivity contribution in [3.63, 3.8) is 0 Å². The van der Waals surface area contributed by atoms with Crippen molar-refractivity contribution in [1.82, 2.24) is 29.6 Å². The van der Waals surface area contributed by atoms with E-state index in [0.29, 0.717) is 27.8 Å². The van der Waals surface area contributed by atoms with Gasteiger partial charge in [0.25, 0.3) is 0 Å². The van der Waals surface area contributed by atoms with Gasteiger partial charge in [-0.05, 0) is 46.8 Å². The molecule has 0 N–H and O–H groups in total. The Bertz CT molecular complexity index is 1180. The molecule has 0 aliphatic carbocycles. The minimum Gasteiger partial charge on any atom is -0.472 e. The van der Waals surface area contributed by atoms with Crippen LogP contribution in [0.1, 0.15) is 5.56 Å². The number of tetrazole rings is 1. The zero-order valence-electron chi connectivity index (χ0n) is 14.7. The normalized spacial score (nSPS) is 11.0. The summed E-state index contributed by atoms with van der Waals surface area (Å²) in [6.45, 7) is 0.0679. The highest BCUT2D eigenvalue weighted by Crippen LogP contribution is 2.24. The number of ether oxygens (including phenoxy) is 1. The molecular weight excluding hydrogens is 387 g/mol. The Kier molecular flexibility index (Phi) is 4.66. The Morgan fingerprint density at radius 2 is 1.89 bits per heavy atom. The Labute approximate surface area is 163 Å². The number of hydrogen-bond donors (Lipinski definition) is 0. The summed E-state index contributed by atoms with van der Waals surface area (Å²) in [6.07, 6.45) is 1.70. The lowest BCUT2D eigenvalue weighted by Gasteiger charge is -2.10. The second-order valence-electron chi connectivity index (χ2n) is 5.90. The molecule has 4 aromatic rings. The predicted octanol–water partition coefficient (Wildman–Crippen LogP) is 2.52. The molecular formula is C18H14ClFN6O2. The van der Waals surface area contributed by atoms with E-state index in [9.17, 15) is 9.18 Å². The number of halogens is 2. The van der Waals surface area contributed by atoms with Gasteiger partial charge in [0.1, 0.15) is 12.4 Å². The molecule has 28 heavy (non-hydrogen) atoms. The van der Waals surface area contributed by atoms with Crippen LogP contribution < -0.4 is 10.4 Å². The zero-order chi connectivity index (χ0) is 19.7. The smallest absolute Gasteiger partial charge is 0.368 e.